The summed E-state index contributed by atoms with van der Waals surface area (Å²) in [7, 11) is 0. The third-order valence-electron chi connectivity index (χ3n) is 2.52. The molecule has 0 N–H and O–H groups in total. The predicted molar refractivity (Wildman–Crippen MR) is 62.8 cm³/mol. The summed E-state index contributed by atoms with van der Waals surface area (Å²) < 4.78 is 52.8. The Morgan fingerprint density at radius 3 is 1.83 bits per heavy atom. The van der Waals surface area contributed by atoms with Crippen molar-refractivity contribution in [2.75, 3.05) is 0 Å². The molecule has 0 atom stereocenters. The predicted octanol–water partition coefficient (Wildman–Crippen LogP) is 4.12. The van der Waals surface area contributed by atoms with E-state index >= 15 is 0 Å². The van der Waals surface area contributed by atoms with Crippen molar-refractivity contribution in [3.8, 4) is 0 Å². The van der Waals surface area contributed by atoms with Crippen LogP contribution in [-0.2, 0) is 6.42 Å². The van der Waals surface area contributed by atoms with Crippen molar-refractivity contribution in [1.29, 1.82) is 0 Å². The standard InChI is InChI=1S/C13H8F4S/c14-10-6-11(15)13(17)9(12(10)16)5-7-1-3-8(18)4-2-7/h1-4,6,18H,5H2. The van der Waals surface area contributed by atoms with Crippen LogP contribution < -0.4 is 0 Å². The summed E-state index contributed by atoms with van der Waals surface area (Å²) in [6, 6.07) is 6.63. The Bertz CT molecular complexity index is 552. The Kier molecular flexibility index (Phi) is 3.61. The van der Waals surface area contributed by atoms with Crippen LogP contribution in [0.2, 0.25) is 0 Å². The average Bonchev–Trinajstić information content (AvgIpc) is 2.34. The van der Waals surface area contributed by atoms with Crippen LogP contribution in [0.1, 0.15) is 11.1 Å². The quantitative estimate of drug-likeness (QED) is 0.474. The fraction of sp³-hybridized carbons (Fsp3) is 0.0769. The van der Waals surface area contributed by atoms with Gasteiger partial charge in [-0.25, -0.2) is 17.6 Å². The van der Waals surface area contributed by atoms with Gasteiger partial charge in [-0.1, -0.05) is 12.1 Å². The molecule has 5 heteroatoms. The molecule has 94 valence electrons. The topological polar surface area (TPSA) is 0 Å². The van der Waals surface area contributed by atoms with Gasteiger partial charge in [-0.15, -0.1) is 12.6 Å². The summed E-state index contributed by atoms with van der Waals surface area (Å²) in [6.45, 7) is 0. The molecule has 0 fully saturated rings. The van der Waals surface area contributed by atoms with E-state index in [0.717, 1.165) is 0 Å². The molecule has 0 spiro atoms. The zero-order valence-corrected chi connectivity index (χ0v) is 9.95. The molecule has 0 nitrogen and oxygen atoms in total. The largest absolute Gasteiger partial charge is 0.204 e. The van der Waals surface area contributed by atoms with Gasteiger partial charge in [0.05, 0.1) is 0 Å². The molecule has 2 aromatic carbocycles. The normalized spacial score (nSPS) is 10.7. The molecule has 0 aliphatic carbocycles. The maximum absolute atomic E-state index is 13.4. The molecule has 0 radical (unpaired) electrons. The van der Waals surface area contributed by atoms with Crippen LogP contribution in [0, 0.1) is 23.3 Å². The molecule has 2 aromatic rings. The number of hydrogen-bond donors (Lipinski definition) is 1. The van der Waals surface area contributed by atoms with Crippen molar-refractivity contribution in [3.63, 3.8) is 0 Å². The first-order valence-electron chi connectivity index (χ1n) is 5.09. The first-order chi connectivity index (χ1) is 8.49. The number of thiol groups is 1. The smallest absolute Gasteiger partial charge is 0.165 e. The van der Waals surface area contributed by atoms with Gasteiger partial charge in [0, 0.05) is 22.9 Å². The Hall–Kier alpha value is -1.49. The molecule has 0 aromatic heterocycles. The van der Waals surface area contributed by atoms with E-state index in [9.17, 15) is 17.6 Å². The van der Waals surface area contributed by atoms with E-state index in [-0.39, 0.29) is 12.5 Å². The van der Waals surface area contributed by atoms with Crippen LogP contribution in [0.25, 0.3) is 0 Å². The molecule has 0 bridgehead atoms. The lowest BCUT2D eigenvalue weighted by Gasteiger charge is -2.07. The van der Waals surface area contributed by atoms with Crippen LogP contribution in [0.15, 0.2) is 35.2 Å². The second kappa shape index (κ2) is 5.02. The third kappa shape index (κ3) is 2.51. The van der Waals surface area contributed by atoms with Crippen molar-refractivity contribution >= 4 is 12.6 Å². The summed E-state index contributed by atoms with van der Waals surface area (Å²) in [6.07, 6.45) is -0.222. The van der Waals surface area contributed by atoms with Crippen molar-refractivity contribution in [3.05, 3.63) is 64.7 Å². The highest BCUT2D eigenvalue weighted by molar-refractivity contribution is 7.80. The van der Waals surface area contributed by atoms with Gasteiger partial charge in [0.25, 0.3) is 0 Å². The molecule has 18 heavy (non-hydrogen) atoms. The molecule has 0 aliphatic heterocycles. The molecule has 0 saturated heterocycles. The van der Waals surface area contributed by atoms with E-state index in [1.165, 1.54) is 0 Å². The summed E-state index contributed by atoms with van der Waals surface area (Å²) >= 11 is 4.06. The third-order valence-corrected chi connectivity index (χ3v) is 2.82. The fourth-order valence-electron chi connectivity index (χ4n) is 1.60. The molecule has 0 saturated carbocycles. The van der Waals surface area contributed by atoms with Gasteiger partial charge in [-0.2, -0.15) is 0 Å². The minimum absolute atomic E-state index is 0.199. The Morgan fingerprint density at radius 1 is 0.833 bits per heavy atom. The number of hydrogen-bond acceptors (Lipinski definition) is 1. The van der Waals surface area contributed by atoms with Crippen LogP contribution >= 0.6 is 12.6 Å². The number of benzene rings is 2. The van der Waals surface area contributed by atoms with Gasteiger partial charge < -0.3 is 0 Å². The monoisotopic (exact) mass is 272 g/mol. The lowest BCUT2D eigenvalue weighted by atomic mass is 10.0. The Labute approximate surface area is 107 Å². The SMILES string of the molecule is Fc1cc(F)c(F)c(Cc2ccc(S)cc2)c1F. The zero-order valence-electron chi connectivity index (χ0n) is 9.05. The molecule has 0 heterocycles. The maximum atomic E-state index is 13.4. The van der Waals surface area contributed by atoms with Gasteiger partial charge in [0.15, 0.2) is 23.3 Å². The second-order valence-electron chi connectivity index (χ2n) is 3.79. The highest BCUT2D eigenvalue weighted by Gasteiger charge is 2.18. The van der Waals surface area contributed by atoms with E-state index in [4.69, 9.17) is 0 Å². The van der Waals surface area contributed by atoms with Crippen molar-refractivity contribution in [1.82, 2.24) is 0 Å². The van der Waals surface area contributed by atoms with Gasteiger partial charge in [0.2, 0.25) is 0 Å². The van der Waals surface area contributed by atoms with E-state index in [2.05, 4.69) is 12.6 Å². The first kappa shape index (κ1) is 13.0. The molecular formula is C13H8F4S. The minimum Gasteiger partial charge on any atom is -0.204 e. The summed E-state index contributed by atoms with van der Waals surface area (Å²) in [5.41, 5.74) is -0.0741. The number of rotatable bonds is 2. The highest BCUT2D eigenvalue weighted by Crippen LogP contribution is 2.22. The van der Waals surface area contributed by atoms with Crippen molar-refractivity contribution < 1.29 is 17.6 Å². The molecule has 0 aliphatic rings. The summed E-state index contributed by atoms with van der Waals surface area (Å²) in [5.74, 6) is -5.50. The van der Waals surface area contributed by atoms with Crippen LogP contribution in [0.5, 0.6) is 0 Å². The highest BCUT2D eigenvalue weighted by atomic mass is 32.1. The van der Waals surface area contributed by atoms with Crippen molar-refractivity contribution in [2.45, 2.75) is 11.3 Å². The van der Waals surface area contributed by atoms with Crippen LogP contribution in [0.3, 0.4) is 0 Å². The van der Waals surface area contributed by atoms with E-state index < -0.39 is 28.8 Å². The Balaban J connectivity index is 2.42. The minimum atomic E-state index is -1.39. The molecular weight excluding hydrogens is 264 g/mol. The first-order valence-corrected chi connectivity index (χ1v) is 5.53. The van der Waals surface area contributed by atoms with Crippen LogP contribution in [0.4, 0.5) is 17.6 Å². The van der Waals surface area contributed by atoms with E-state index in [0.29, 0.717) is 10.5 Å². The maximum Gasteiger partial charge on any atom is 0.165 e. The summed E-state index contributed by atoms with van der Waals surface area (Å²) in [5, 5.41) is 0. The van der Waals surface area contributed by atoms with Gasteiger partial charge in [-0.3, -0.25) is 0 Å². The summed E-state index contributed by atoms with van der Waals surface area (Å²) in [4.78, 5) is 0.685. The molecule has 0 unspecified atom stereocenters. The average molecular weight is 272 g/mol. The van der Waals surface area contributed by atoms with Crippen molar-refractivity contribution in [2.24, 2.45) is 0 Å². The molecule has 0 amide bonds. The lowest BCUT2D eigenvalue weighted by molar-refractivity contribution is 0.441. The van der Waals surface area contributed by atoms with Crippen LogP contribution in [-0.4, -0.2) is 0 Å². The fourth-order valence-corrected chi connectivity index (χ4v) is 1.74. The van der Waals surface area contributed by atoms with E-state index in [1.807, 2.05) is 0 Å². The lowest BCUT2D eigenvalue weighted by Crippen LogP contribution is -2.03. The van der Waals surface area contributed by atoms with Gasteiger partial charge >= 0.3 is 0 Å². The number of halogens is 4. The second-order valence-corrected chi connectivity index (χ2v) is 4.31. The van der Waals surface area contributed by atoms with E-state index in [1.54, 1.807) is 24.3 Å². The van der Waals surface area contributed by atoms with Gasteiger partial charge in [0.1, 0.15) is 0 Å². The Morgan fingerprint density at radius 2 is 1.33 bits per heavy atom. The molecule has 2 rings (SSSR count). The van der Waals surface area contributed by atoms with Gasteiger partial charge in [-0.05, 0) is 17.7 Å². The zero-order chi connectivity index (χ0) is 13.3.